The molecule has 0 aliphatic carbocycles. The summed E-state index contributed by atoms with van der Waals surface area (Å²) in [5, 5.41) is 12.3. The molecular formula is C12H9ClN4. The van der Waals surface area contributed by atoms with E-state index in [0.29, 0.717) is 22.0 Å². The highest BCUT2D eigenvalue weighted by atomic mass is 35.5. The van der Waals surface area contributed by atoms with Crippen LogP contribution in [-0.4, -0.2) is 4.98 Å². The van der Waals surface area contributed by atoms with Crippen LogP contribution < -0.4 is 11.1 Å². The monoisotopic (exact) mass is 244 g/mol. The van der Waals surface area contributed by atoms with Crippen molar-refractivity contribution in [3.63, 3.8) is 0 Å². The van der Waals surface area contributed by atoms with Gasteiger partial charge in [-0.05, 0) is 24.3 Å². The zero-order valence-corrected chi connectivity index (χ0v) is 9.57. The molecule has 0 spiro atoms. The van der Waals surface area contributed by atoms with E-state index in [1.54, 1.807) is 36.7 Å². The van der Waals surface area contributed by atoms with E-state index >= 15 is 0 Å². The van der Waals surface area contributed by atoms with E-state index in [4.69, 9.17) is 22.6 Å². The number of nitrogens with one attached hydrogen (secondary N) is 1. The average Bonchev–Trinajstić information content (AvgIpc) is 2.32. The Morgan fingerprint density at radius 1 is 1.29 bits per heavy atom. The average molecular weight is 245 g/mol. The molecule has 1 aromatic carbocycles. The van der Waals surface area contributed by atoms with E-state index in [9.17, 15) is 0 Å². The first-order chi connectivity index (χ1) is 8.19. The molecule has 0 atom stereocenters. The van der Waals surface area contributed by atoms with Gasteiger partial charge in [0.2, 0.25) is 0 Å². The quantitative estimate of drug-likeness (QED) is 0.852. The minimum atomic E-state index is 0.478. The van der Waals surface area contributed by atoms with Crippen molar-refractivity contribution < 1.29 is 0 Å². The Hall–Kier alpha value is -2.25. The number of nitrogens with zero attached hydrogens (tertiary/aromatic N) is 2. The van der Waals surface area contributed by atoms with Crippen LogP contribution >= 0.6 is 11.6 Å². The van der Waals surface area contributed by atoms with Crippen molar-refractivity contribution >= 4 is 28.7 Å². The fourth-order valence-electron chi connectivity index (χ4n) is 1.37. The summed E-state index contributed by atoms with van der Waals surface area (Å²) in [4.78, 5) is 3.96. The van der Waals surface area contributed by atoms with Gasteiger partial charge in [0, 0.05) is 6.20 Å². The van der Waals surface area contributed by atoms with E-state index in [2.05, 4.69) is 10.3 Å². The topological polar surface area (TPSA) is 74.7 Å². The number of hydrogen-bond donors (Lipinski definition) is 2. The molecule has 0 aliphatic rings. The summed E-state index contributed by atoms with van der Waals surface area (Å²) in [6.07, 6.45) is 3.20. The van der Waals surface area contributed by atoms with Gasteiger partial charge in [-0.25, -0.2) is 0 Å². The van der Waals surface area contributed by atoms with Crippen LogP contribution in [0.3, 0.4) is 0 Å². The molecule has 84 valence electrons. The molecular weight excluding hydrogens is 236 g/mol. The lowest BCUT2D eigenvalue weighted by Crippen LogP contribution is -1.94. The third-order valence-corrected chi connectivity index (χ3v) is 2.45. The molecule has 5 heteroatoms. The van der Waals surface area contributed by atoms with E-state index in [-0.39, 0.29) is 0 Å². The molecule has 2 aromatic rings. The Kier molecular flexibility index (Phi) is 3.12. The van der Waals surface area contributed by atoms with Gasteiger partial charge in [0.1, 0.15) is 0 Å². The van der Waals surface area contributed by atoms with Crippen molar-refractivity contribution in [2.75, 3.05) is 11.1 Å². The van der Waals surface area contributed by atoms with Gasteiger partial charge >= 0.3 is 0 Å². The Bertz CT molecular complexity index is 589. The predicted octanol–water partition coefficient (Wildman–Crippen LogP) is 2.93. The van der Waals surface area contributed by atoms with Crippen LogP contribution in [0.5, 0.6) is 0 Å². The second-order valence-electron chi connectivity index (χ2n) is 3.44. The third kappa shape index (κ3) is 2.65. The van der Waals surface area contributed by atoms with Crippen LogP contribution in [0.15, 0.2) is 36.7 Å². The molecule has 0 saturated heterocycles. The van der Waals surface area contributed by atoms with Crippen LogP contribution in [0.2, 0.25) is 5.02 Å². The number of nitrogen functional groups attached to an aromatic ring is 1. The molecule has 17 heavy (non-hydrogen) atoms. The van der Waals surface area contributed by atoms with Gasteiger partial charge in [0.05, 0.1) is 39.9 Å². The number of halogens is 1. The van der Waals surface area contributed by atoms with Gasteiger partial charge < -0.3 is 11.1 Å². The number of rotatable bonds is 2. The number of anilines is 3. The molecule has 0 aliphatic heterocycles. The summed E-state index contributed by atoms with van der Waals surface area (Å²) < 4.78 is 0. The Balaban J connectivity index is 2.28. The second-order valence-corrected chi connectivity index (χ2v) is 3.85. The molecule has 0 amide bonds. The SMILES string of the molecule is N#Cc1ccc(Nc2cncc(N)c2)c(Cl)c1. The number of pyridine rings is 1. The Labute approximate surface area is 104 Å². The highest BCUT2D eigenvalue weighted by Crippen LogP contribution is 2.26. The van der Waals surface area contributed by atoms with Crippen molar-refractivity contribution in [1.29, 1.82) is 5.26 Å². The summed E-state index contributed by atoms with van der Waals surface area (Å²) in [5.41, 5.74) is 8.16. The molecule has 4 nitrogen and oxygen atoms in total. The minimum absolute atomic E-state index is 0.478. The highest BCUT2D eigenvalue weighted by Gasteiger charge is 2.02. The molecule has 1 heterocycles. The Morgan fingerprint density at radius 2 is 2.12 bits per heavy atom. The lowest BCUT2D eigenvalue weighted by molar-refractivity contribution is 1.32. The van der Waals surface area contributed by atoms with Crippen molar-refractivity contribution in [1.82, 2.24) is 4.98 Å². The molecule has 0 bridgehead atoms. The van der Waals surface area contributed by atoms with Gasteiger partial charge in [0.15, 0.2) is 0 Å². The number of benzene rings is 1. The zero-order chi connectivity index (χ0) is 12.3. The van der Waals surface area contributed by atoms with Crippen LogP contribution in [0, 0.1) is 11.3 Å². The van der Waals surface area contributed by atoms with Crippen LogP contribution in [0.1, 0.15) is 5.56 Å². The molecule has 2 rings (SSSR count). The largest absolute Gasteiger partial charge is 0.397 e. The summed E-state index contributed by atoms with van der Waals surface area (Å²) >= 11 is 6.03. The van der Waals surface area contributed by atoms with Crippen LogP contribution in [0.25, 0.3) is 0 Å². The van der Waals surface area contributed by atoms with Crippen LogP contribution in [-0.2, 0) is 0 Å². The van der Waals surface area contributed by atoms with E-state index in [1.165, 1.54) is 0 Å². The zero-order valence-electron chi connectivity index (χ0n) is 8.81. The van der Waals surface area contributed by atoms with Crippen molar-refractivity contribution in [2.24, 2.45) is 0 Å². The fourth-order valence-corrected chi connectivity index (χ4v) is 1.60. The first-order valence-electron chi connectivity index (χ1n) is 4.86. The normalized spacial score (nSPS) is 9.65. The van der Waals surface area contributed by atoms with Crippen LogP contribution in [0.4, 0.5) is 17.1 Å². The lowest BCUT2D eigenvalue weighted by atomic mass is 10.2. The maximum atomic E-state index is 8.72. The second kappa shape index (κ2) is 4.73. The molecule has 0 unspecified atom stereocenters. The molecule has 0 saturated carbocycles. The maximum Gasteiger partial charge on any atom is 0.0992 e. The summed E-state index contributed by atoms with van der Waals surface area (Å²) in [5.74, 6) is 0. The van der Waals surface area contributed by atoms with E-state index in [0.717, 1.165) is 5.69 Å². The molecule has 0 fully saturated rings. The van der Waals surface area contributed by atoms with E-state index < -0.39 is 0 Å². The lowest BCUT2D eigenvalue weighted by Gasteiger charge is -2.08. The van der Waals surface area contributed by atoms with Gasteiger partial charge in [0.25, 0.3) is 0 Å². The van der Waals surface area contributed by atoms with Crippen molar-refractivity contribution in [2.45, 2.75) is 0 Å². The number of hydrogen-bond acceptors (Lipinski definition) is 4. The number of nitrogens with two attached hydrogens (primary N) is 1. The Morgan fingerprint density at radius 3 is 2.76 bits per heavy atom. The fraction of sp³-hybridized carbons (Fsp3) is 0. The molecule has 0 radical (unpaired) electrons. The number of aromatic nitrogens is 1. The smallest absolute Gasteiger partial charge is 0.0992 e. The predicted molar refractivity (Wildman–Crippen MR) is 68.1 cm³/mol. The maximum absolute atomic E-state index is 8.72. The first-order valence-corrected chi connectivity index (χ1v) is 5.24. The van der Waals surface area contributed by atoms with Gasteiger partial charge in [-0.15, -0.1) is 0 Å². The summed E-state index contributed by atoms with van der Waals surface area (Å²) in [6.45, 7) is 0. The third-order valence-electron chi connectivity index (χ3n) is 2.14. The van der Waals surface area contributed by atoms with Gasteiger partial charge in [-0.2, -0.15) is 5.26 Å². The summed E-state index contributed by atoms with van der Waals surface area (Å²) in [6, 6.07) is 8.80. The molecule has 1 aromatic heterocycles. The van der Waals surface area contributed by atoms with Gasteiger partial charge in [-0.1, -0.05) is 11.6 Å². The standard InChI is InChI=1S/C12H9ClN4/c13-11-3-8(5-14)1-2-12(11)17-10-4-9(15)6-16-7-10/h1-4,6-7,17H,15H2. The summed E-state index contributed by atoms with van der Waals surface area (Å²) in [7, 11) is 0. The highest BCUT2D eigenvalue weighted by molar-refractivity contribution is 6.33. The molecule has 3 N–H and O–H groups in total. The van der Waals surface area contributed by atoms with Crippen molar-refractivity contribution in [3.05, 3.63) is 47.2 Å². The van der Waals surface area contributed by atoms with E-state index in [1.807, 2.05) is 6.07 Å². The van der Waals surface area contributed by atoms with Crippen molar-refractivity contribution in [3.8, 4) is 6.07 Å². The minimum Gasteiger partial charge on any atom is -0.397 e. The first kappa shape index (κ1) is 11.2. The van der Waals surface area contributed by atoms with Gasteiger partial charge in [-0.3, -0.25) is 4.98 Å². The number of nitriles is 1.